The first-order valence-corrected chi connectivity index (χ1v) is 3.79. The summed E-state index contributed by atoms with van der Waals surface area (Å²) >= 11 is 0. The van der Waals surface area contributed by atoms with Gasteiger partial charge in [0.05, 0.1) is 5.60 Å². The van der Waals surface area contributed by atoms with Crippen molar-refractivity contribution in [2.24, 2.45) is 5.92 Å². The molecule has 1 aliphatic heterocycles. The fraction of sp³-hybridized carbons (Fsp3) is 1.00. The maximum atomic E-state index is 5.60. The molecule has 0 radical (unpaired) electrons. The second-order valence-corrected chi connectivity index (χ2v) is 3.42. The molecule has 1 rings (SSSR count). The van der Waals surface area contributed by atoms with Crippen molar-refractivity contribution in [2.75, 3.05) is 6.61 Å². The van der Waals surface area contributed by atoms with Crippen LogP contribution in [0.25, 0.3) is 0 Å². The Labute approximate surface area is 57.4 Å². The van der Waals surface area contributed by atoms with E-state index in [0.29, 0.717) is 5.92 Å². The predicted octanol–water partition coefficient (Wildman–Crippen LogP) is 2.21. The van der Waals surface area contributed by atoms with Gasteiger partial charge in [0.15, 0.2) is 0 Å². The summed E-state index contributed by atoms with van der Waals surface area (Å²) in [5, 5.41) is 0. The summed E-state index contributed by atoms with van der Waals surface area (Å²) in [6, 6.07) is 0. The van der Waals surface area contributed by atoms with E-state index in [1.807, 2.05) is 0 Å². The molecule has 9 heavy (non-hydrogen) atoms. The Bertz CT molecular complexity index is 90.7. The van der Waals surface area contributed by atoms with E-state index in [1.54, 1.807) is 0 Å². The number of hydrogen-bond donors (Lipinski definition) is 0. The monoisotopic (exact) mass is 128 g/mol. The van der Waals surface area contributed by atoms with Gasteiger partial charge in [0.2, 0.25) is 0 Å². The third-order valence-corrected chi connectivity index (χ3v) is 2.47. The van der Waals surface area contributed by atoms with E-state index in [0.717, 1.165) is 6.61 Å². The minimum absolute atomic E-state index is 0.194. The Hall–Kier alpha value is -0.0400. The maximum Gasteiger partial charge on any atom is 0.0678 e. The molecule has 1 atom stereocenters. The Morgan fingerprint density at radius 1 is 1.44 bits per heavy atom. The molecule has 54 valence electrons. The van der Waals surface area contributed by atoms with Gasteiger partial charge in [0.1, 0.15) is 0 Å². The minimum Gasteiger partial charge on any atom is -0.375 e. The van der Waals surface area contributed by atoms with E-state index in [2.05, 4.69) is 20.8 Å². The quantitative estimate of drug-likeness (QED) is 0.526. The molecule has 0 aliphatic carbocycles. The minimum atomic E-state index is 0.194. The first kappa shape index (κ1) is 7.07. The van der Waals surface area contributed by atoms with E-state index >= 15 is 0 Å². The molecule has 0 spiro atoms. The average Bonchev–Trinajstić information content (AvgIpc) is 2.16. The number of rotatable bonds is 1. The molecule has 0 aromatic heterocycles. The standard InChI is InChI=1S/C8H16O/c1-7(2)8(3)5-4-6-9-8/h7H,4-6H2,1-3H3/t8-/m0/s1. The lowest BCUT2D eigenvalue weighted by Gasteiger charge is -2.27. The second-order valence-electron chi connectivity index (χ2n) is 3.42. The van der Waals surface area contributed by atoms with Gasteiger partial charge in [-0.2, -0.15) is 0 Å². The lowest BCUT2D eigenvalue weighted by molar-refractivity contribution is -0.0170. The Morgan fingerprint density at radius 3 is 2.33 bits per heavy atom. The highest BCUT2D eigenvalue weighted by molar-refractivity contribution is 4.82. The molecule has 0 saturated carbocycles. The summed E-state index contributed by atoms with van der Waals surface area (Å²) in [5.41, 5.74) is 0.194. The Kier molecular flexibility index (Phi) is 1.80. The first-order valence-electron chi connectivity index (χ1n) is 3.79. The zero-order valence-electron chi connectivity index (χ0n) is 6.61. The fourth-order valence-corrected chi connectivity index (χ4v) is 1.26. The van der Waals surface area contributed by atoms with Crippen molar-refractivity contribution in [1.82, 2.24) is 0 Å². The van der Waals surface area contributed by atoms with Crippen LogP contribution in [0.5, 0.6) is 0 Å². The van der Waals surface area contributed by atoms with Crippen LogP contribution in [0.3, 0.4) is 0 Å². The normalized spacial score (nSPS) is 36.0. The highest BCUT2D eigenvalue weighted by Gasteiger charge is 2.32. The molecule has 0 N–H and O–H groups in total. The molecule has 1 fully saturated rings. The van der Waals surface area contributed by atoms with Crippen molar-refractivity contribution < 1.29 is 4.74 Å². The van der Waals surface area contributed by atoms with Crippen LogP contribution in [-0.2, 0) is 4.74 Å². The zero-order chi connectivity index (χ0) is 6.91. The van der Waals surface area contributed by atoms with E-state index < -0.39 is 0 Å². The molecule has 0 bridgehead atoms. The molecular weight excluding hydrogens is 112 g/mol. The van der Waals surface area contributed by atoms with Crippen LogP contribution < -0.4 is 0 Å². The summed E-state index contributed by atoms with van der Waals surface area (Å²) in [7, 11) is 0. The lowest BCUT2D eigenvalue weighted by atomic mass is 9.90. The first-order chi connectivity index (χ1) is 4.15. The van der Waals surface area contributed by atoms with Gasteiger partial charge in [0.25, 0.3) is 0 Å². The molecule has 1 saturated heterocycles. The summed E-state index contributed by atoms with van der Waals surface area (Å²) < 4.78 is 5.60. The number of hydrogen-bond acceptors (Lipinski definition) is 1. The third-order valence-electron chi connectivity index (χ3n) is 2.47. The van der Waals surface area contributed by atoms with Crippen LogP contribution in [0.1, 0.15) is 33.6 Å². The van der Waals surface area contributed by atoms with Crippen LogP contribution in [0.4, 0.5) is 0 Å². The third kappa shape index (κ3) is 1.26. The molecular formula is C8H16O. The molecule has 1 nitrogen and oxygen atoms in total. The SMILES string of the molecule is CC(C)[C@]1(C)CCCO1. The van der Waals surface area contributed by atoms with E-state index in [4.69, 9.17) is 4.74 Å². The average molecular weight is 128 g/mol. The molecule has 1 aliphatic rings. The summed E-state index contributed by atoms with van der Waals surface area (Å²) in [6.45, 7) is 7.63. The topological polar surface area (TPSA) is 9.23 Å². The van der Waals surface area contributed by atoms with Crippen molar-refractivity contribution in [3.63, 3.8) is 0 Å². The molecule has 0 aromatic carbocycles. The van der Waals surface area contributed by atoms with Gasteiger partial charge in [-0.15, -0.1) is 0 Å². The maximum absolute atomic E-state index is 5.60. The predicted molar refractivity (Wildman–Crippen MR) is 38.4 cm³/mol. The van der Waals surface area contributed by atoms with Gasteiger partial charge in [-0.3, -0.25) is 0 Å². The summed E-state index contributed by atoms with van der Waals surface area (Å²) in [4.78, 5) is 0. The van der Waals surface area contributed by atoms with Crippen molar-refractivity contribution in [2.45, 2.75) is 39.2 Å². The van der Waals surface area contributed by atoms with Crippen LogP contribution >= 0.6 is 0 Å². The van der Waals surface area contributed by atoms with Crippen LogP contribution in [0.2, 0.25) is 0 Å². The van der Waals surface area contributed by atoms with Gasteiger partial charge in [0, 0.05) is 6.61 Å². The molecule has 0 amide bonds. The van der Waals surface area contributed by atoms with E-state index in [9.17, 15) is 0 Å². The Balaban J connectivity index is 2.51. The van der Waals surface area contributed by atoms with Crippen LogP contribution in [-0.4, -0.2) is 12.2 Å². The van der Waals surface area contributed by atoms with E-state index in [-0.39, 0.29) is 5.60 Å². The molecule has 0 unspecified atom stereocenters. The van der Waals surface area contributed by atoms with Gasteiger partial charge in [-0.1, -0.05) is 13.8 Å². The van der Waals surface area contributed by atoms with Crippen molar-refractivity contribution in [3.05, 3.63) is 0 Å². The van der Waals surface area contributed by atoms with Crippen molar-refractivity contribution >= 4 is 0 Å². The highest BCUT2D eigenvalue weighted by atomic mass is 16.5. The zero-order valence-corrected chi connectivity index (χ0v) is 6.61. The smallest absolute Gasteiger partial charge is 0.0678 e. The van der Waals surface area contributed by atoms with Gasteiger partial charge >= 0.3 is 0 Å². The highest BCUT2D eigenvalue weighted by Crippen LogP contribution is 2.31. The molecule has 1 heterocycles. The van der Waals surface area contributed by atoms with Gasteiger partial charge < -0.3 is 4.74 Å². The number of ether oxygens (including phenoxy) is 1. The largest absolute Gasteiger partial charge is 0.375 e. The van der Waals surface area contributed by atoms with Crippen molar-refractivity contribution in [3.8, 4) is 0 Å². The molecule has 1 heteroatoms. The lowest BCUT2D eigenvalue weighted by Crippen LogP contribution is -2.29. The summed E-state index contributed by atoms with van der Waals surface area (Å²) in [6.07, 6.45) is 2.49. The van der Waals surface area contributed by atoms with Gasteiger partial charge in [-0.05, 0) is 25.7 Å². The van der Waals surface area contributed by atoms with Crippen LogP contribution in [0, 0.1) is 5.92 Å². The summed E-state index contributed by atoms with van der Waals surface area (Å²) in [5.74, 6) is 0.667. The van der Waals surface area contributed by atoms with Crippen molar-refractivity contribution in [1.29, 1.82) is 0 Å². The Morgan fingerprint density at radius 2 is 2.11 bits per heavy atom. The van der Waals surface area contributed by atoms with E-state index in [1.165, 1.54) is 12.8 Å². The van der Waals surface area contributed by atoms with Crippen LogP contribution in [0.15, 0.2) is 0 Å². The fourth-order valence-electron chi connectivity index (χ4n) is 1.26. The second kappa shape index (κ2) is 2.30. The van der Waals surface area contributed by atoms with Gasteiger partial charge in [-0.25, -0.2) is 0 Å². The molecule has 0 aromatic rings.